The maximum Gasteiger partial charge on any atom is 0.244 e. The molecule has 1 unspecified atom stereocenters. The third-order valence-electron chi connectivity index (χ3n) is 5.03. The Balaban J connectivity index is 1.53. The number of aromatic nitrogens is 4. The Kier molecular flexibility index (Phi) is 3.79. The molecule has 1 atom stereocenters. The molecule has 2 aliphatic heterocycles. The summed E-state index contributed by atoms with van der Waals surface area (Å²) in [6, 6.07) is 1.77. The number of amides is 2. The van der Waals surface area contributed by atoms with Gasteiger partial charge in [0.25, 0.3) is 0 Å². The minimum atomic E-state index is -0.378. The predicted molar refractivity (Wildman–Crippen MR) is 88.5 cm³/mol. The van der Waals surface area contributed by atoms with Crippen LogP contribution in [0.15, 0.2) is 18.7 Å². The Bertz CT molecular complexity index is 811. The van der Waals surface area contributed by atoms with Gasteiger partial charge >= 0.3 is 0 Å². The molecule has 9 nitrogen and oxygen atoms in total. The summed E-state index contributed by atoms with van der Waals surface area (Å²) in [5, 5.41) is 10.4. The zero-order chi connectivity index (χ0) is 17.6. The van der Waals surface area contributed by atoms with Crippen molar-refractivity contribution >= 4 is 11.8 Å². The van der Waals surface area contributed by atoms with E-state index in [1.54, 1.807) is 17.6 Å². The van der Waals surface area contributed by atoms with E-state index in [-0.39, 0.29) is 24.4 Å². The molecule has 2 amide bonds. The summed E-state index contributed by atoms with van der Waals surface area (Å²) in [6.45, 7) is 6.90. The third-order valence-corrected chi connectivity index (χ3v) is 5.03. The van der Waals surface area contributed by atoms with Gasteiger partial charge in [0.05, 0.1) is 6.54 Å². The number of carbonyl (C=O) groups is 2. The van der Waals surface area contributed by atoms with Gasteiger partial charge in [-0.1, -0.05) is 0 Å². The first-order chi connectivity index (χ1) is 12.0. The first-order valence-corrected chi connectivity index (χ1v) is 8.37. The Morgan fingerprint density at radius 2 is 1.96 bits per heavy atom. The van der Waals surface area contributed by atoms with Crippen molar-refractivity contribution in [3.05, 3.63) is 35.7 Å². The highest BCUT2D eigenvalue weighted by Gasteiger charge is 2.38. The third kappa shape index (κ3) is 2.70. The van der Waals surface area contributed by atoms with Gasteiger partial charge < -0.3 is 10.2 Å². The Morgan fingerprint density at radius 1 is 1.20 bits per heavy atom. The van der Waals surface area contributed by atoms with Crippen molar-refractivity contribution in [1.82, 2.24) is 34.7 Å². The van der Waals surface area contributed by atoms with Gasteiger partial charge in [-0.05, 0) is 25.5 Å². The molecule has 4 heterocycles. The fourth-order valence-electron chi connectivity index (χ4n) is 3.76. The number of rotatable bonds is 3. The lowest BCUT2D eigenvalue weighted by Crippen LogP contribution is -2.65. The van der Waals surface area contributed by atoms with Crippen molar-refractivity contribution in [3.8, 4) is 0 Å². The van der Waals surface area contributed by atoms with Crippen molar-refractivity contribution in [3.63, 3.8) is 0 Å². The lowest BCUT2D eigenvalue weighted by molar-refractivity contribution is -0.149. The van der Waals surface area contributed by atoms with Gasteiger partial charge in [-0.2, -0.15) is 0 Å². The van der Waals surface area contributed by atoms with Gasteiger partial charge in [0.2, 0.25) is 11.8 Å². The average Bonchev–Trinajstić information content (AvgIpc) is 3.20. The number of carbonyl (C=O) groups excluding carboxylic acids is 2. The second kappa shape index (κ2) is 5.99. The molecule has 2 aromatic heterocycles. The maximum atomic E-state index is 12.1. The molecule has 0 spiro atoms. The van der Waals surface area contributed by atoms with E-state index in [0.29, 0.717) is 13.1 Å². The van der Waals surface area contributed by atoms with Crippen molar-refractivity contribution in [1.29, 1.82) is 0 Å². The van der Waals surface area contributed by atoms with Crippen LogP contribution in [0.2, 0.25) is 0 Å². The Morgan fingerprint density at radius 3 is 2.72 bits per heavy atom. The summed E-state index contributed by atoms with van der Waals surface area (Å²) in [5.74, 6) is -0.0469. The molecule has 0 saturated carbocycles. The number of hydrogen-bond donors (Lipinski definition) is 1. The van der Waals surface area contributed by atoms with E-state index in [1.807, 2.05) is 11.6 Å². The SMILES string of the molecule is Cc1cc(CN2CCN3C(=O)CNC(=O)C3C2)c(C)n1-n1cnnc1. The van der Waals surface area contributed by atoms with Crippen LogP contribution in [0.3, 0.4) is 0 Å². The van der Waals surface area contributed by atoms with Crippen LogP contribution >= 0.6 is 0 Å². The summed E-state index contributed by atoms with van der Waals surface area (Å²) in [5.41, 5.74) is 3.41. The molecule has 2 aromatic rings. The van der Waals surface area contributed by atoms with Gasteiger partial charge in [-0.3, -0.25) is 19.2 Å². The van der Waals surface area contributed by atoms with Gasteiger partial charge in [0.15, 0.2) is 0 Å². The van der Waals surface area contributed by atoms with Crippen LogP contribution in [-0.2, 0) is 16.1 Å². The van der Waals surface area contributed by atoms with Crippen LogP contribution in [-0.4, -0.2) is 73.4 Å². The number of fused-ring (bicyclic) bond motifs is 1. The fraction of sp³-hybridized carbons (Fsp3) is 0.500. The molecule has 2 fully saturated rings. The number of piperazine rings is 2. The standard InChI is InChI=1S/C16H21N7O2/c1-11-5-13(12(2)23(11)21-9-18-19-10-21)7-20-3-4-22-14(8-20)16(25)17-6-15(22)24/h5,9-10,14H,3-4,6-8H2,1-2H3,(H,17,25). The fourth-order valence-corrected chi connectivity index (χ4v) is 3.76. The van der Waals surface area contributed by atoms with Crippen LogP contribution in [0, 0.1) is 13.8 Å². The van der Waals surface area contributed by atoms with Crippen LogP contribution < -0.4 is 5.32 Å². The highest BCUT2D eigenvalue weighted by molar-refractivity contribution is 5.95. The van der Waals surface area contributed by atoms with Gasteiger partial charge in [-0.15, -0.1) is 10.2 Å². The Hall–Kier alpha value is -2.68. The molecule has 132 valence electrons. The normalized spacial score (nSPS) is 21.4. The minimum Gasteiger partial charge on any atom is -0.345 e. The zero-order valence-corrected chi connectivity index (χ0v) is 14.3. The van der Waals surface area contributed by atoms with E-state index in [4.69, 9.17) is 0 Å². The van der Waals surface area contributed by atoms with E-state index < -0.39 is 0 Å². The number of hydrogen-bond acceptors (Lipinski definition) is 5. The van der Waals surface area contributed by atoms with Crippen molar-refractivity contribution in [2.24, 2.45) is 0 Å². The molecule has 0 bridgehead atoms. The summed E-state index contributed by atoms with van der Waals surface area (Å²) < 4.78 is 3.90. The Labute approximate surface area is 145 Å². The van der Waals surface area contributed by atoms with Gasteiger partial charge in [-0.25, -0.2) is 4.68 Å². The van der Waals surface area contributed by atoms with Crippen LogP contribution in [0.1, 0.15) is 17.0 Å². The van der Waals surface area contributed by atoms with Gasteiger partial charge in [0.1, 0.15) is 18.7 Å². The highest BCUT2D eigenvalue weighted by atomic mass is 16.2. The summed E-state index contributed by atoms with van der Waals surface area (Å²) in [7, 11) is 0. The molecule has 2 saturated heterocycles. The first kappa shape index (κ1) is 15.8. The molecule has 4 rings (SSSR count). The van der Waals surface area contributed by atoms with E-state index >= 15 is 0 Å². The molecule has 9 heteroatoms. The molecule has 2 aliphatic rings. The predicted octanol–water partition coefficient (Wildman–Crippen LogP) is -0.850. The van der Waals surface area contributed by atoms with Gasteiger partial charge in [0, 0.05) is 37.6 Å². The molecular formula is C16H21N7O2. The molecule has 25 heavy (non-hydrogen) atoms. The van der Waals surface area contributed by atoms with E-state index in [0.717, 1.165) is 24.5 Å². The minimum absolute atomic E-state index is 0.00929. The van der Waals surface area contributed by atoms with E-state index in [9.17, 15) is 9.59 Å². The second-order valence-electron chi connectivity index (χ2n) is 6.61. The van der Waals surface area contributed by atoms with E-state index in [1.165, 1.54) is 5.56 Å². The molecule has 0 radical (unpaired) electrons. The molecule has 0 aliphatic carbocycles. The lowest BCUT2D eigenvalue weighted by Gasteiger charge is -2.42. The summed E-state index contributed by atoms with van der Waals surface area (Å²) >= 11 is 0. The molecule has 1 N–H and O–H groups in total. The summed E-state index contributed by atoms with van der Waals surface area (Å²) in [6.07, 6.45) is 3.33. The smallest absolute Gasteiger partial charge is 0.244 e. The number of nitrogens with zero attached hydrogens (tertiary/aromatic N) is 6. The van der Waals surface area contributed by atoms with Crippen molar-refractivity contribution < 1.29 is 9.59 Å². The lowest BCUT2D eigenvalue weighted by atomic mass is 10.1. The van der Waals surface area contributed by atoms with Crippen molar-refractivity contribution in [2.45, 2.75) is 26.4 Å². The summed E-state index contributed by atoms with van der Waals surface area (Å²) in [4.78, 5) is 28.0. The number of nitrogens with one attached hydrogen (secondary N) is 1. The molecule has 0 aromatic carbocycles. The monoisotopic (exact) mass is 343 g/mol. The van der Waals surface area contributed by atoms with E-state index in [2.05, 4.69) is 38.1 Å². The van der Waals surface area contributed by atoms with Crippen molar-refractivity contribution in [2.75, 3.05) is 26.2 Å². The first-order valence-electron chi connectivity index (χ1n) is 8.37. The quantitative estimate of drug-likeness (QED) is 0.784. The maximum absolute atomic E-state index is 12.1. The average molecular weight is 343 g/mol. The molecular weight excluding hydrogens is 322 g/mol. The topological polar surface area (TPSA) is 88.3 Å². The largest absolute Gasteiger partial charge is 0.345 e. The zero-order valence-electron chi connectivity index (χ0n) is 14.3. The van der Waals surface area contributed by atoms with Crippen LogP contribution in [0.4, 0.5) is 0 Å². The highest BCUT2D eigenvalue weighted by Crippen LogP contribution is 2.20. The van der Waals surface area contributed by atoms with Crippen LogP contribution in [0.25, 0.3) is 0 Å². The second-order valence-corrected chi connectivity index (χ2v) is 6.61. The number of aryl methyl sites for hydroxylation is 1. The van der Waals surface area contributed by atoms with Crippen LogP contribution in [0.5, 0.6) is 0 Å².